The Morgan fingerprint density at radius 2 is 1.75 bits per heavy atom. The van der Waals surface area contributed by atoms with Crippen molar-refractivity contribution in [2.24, 2.45) is 0 Å². The van der Waals surface area contributed by atoms with Crippen LogP contribution in [0.15, 0.2) is 71.2 Å². The monoisotopic (exact) mass is 450 g/mol. The fraction of sp³-hybridized carbons (Fsp3) is 0.167. The molecule has 2 aromatic carbocycles. The van der Waals surface area contributed by atoms with Crippen molar-refractivity contribution in [3.63, 3.8) is 0 Å². The molecule has 1 aliphatic rings. The highest BCUT2D eigenvalue weighted by Crippen LogP contribution is 2.31. The molecule has 0 bridgehead atoms. The van der Waals surface area contributed by atoms with Crippen LogP contribution in [0.5, 0.6) is 0 Å². The van der Waals surface area contributed by atoms with Gasteiger partial charge in [-0.25, -0.2) is 4.79 Å². The van der Waals surface area contributed by atoms with Crippen LogP contribution >= 0.6 is 11.8 Å². The van der Waals surface area contributed by atoms with Crippen molar-refractivity contribution in [2.75, 3.05) is 18.5 Å². The summed E-state index contributed by atoms with van der Waals surface area (Å²) < 4.78 is 4.91. The van der Waals surface area contributed by atoms with E-state index in [-0.39, 0.29) is 11.5 Å². The Labute approximate surface area is 190 Å². The minimum atomic E-state index is -0.519. The summed E-state index contributed by atoms with van der Waals surface area (Å²) in [5.74, 6) is -1.48. The van der Waals surface area contributed by atoms with Crippen LogP contribution in [-0.2, 0) is 14.3 Å². The maximum Gasteiger partial charge on any atom is 0.338 e. The number of hydrogen-bond acceptors (Lipinski definition) is 6. The number of amides is 3. The second-order valence-corrected chi connectivity index (χ2v) is 7.91. The summed E-state index contributed by atoms with van der Waals surface area (Å²) in [5.41, 5.74) is 2.59. The second kappa shape index (κ2) is 10.6. The molecule has 1 N–H and O–H groups in total. The molecule has 0 saturated carbocycles. The van der Waals surface area contributed by atoms with Crippen molar-refractivity contribution in [3.8, 4) is 0 Å². The third kappa shape index (κ3) is 5.95. The van der Waals surface area contributed by atoms with Crippen LogP contribution in [0.3, 0.4) is 0 Å². The number of carbonyl (C=O) groups is 4. The Bertz CT molecular complexity index is 1090. The minimum Gasteiger partial charge on any atom is -0.462 e. The van der Waals surface area contributed by atoms with Crippen LogP contribution in [0.2, 0.25) is 0 Å². The van der Waals surface area contributed by atoms with Gasteiger partial charge in [0.05, 0.1) is 17.1 Å². The van der Waals surface area contributed by atoms with E-state index in [1.807, 2.05) is 43.3 Å². The molecule has 3 rings (SSSR count). The summed E-state index contributed by atoms with van der Waals surface area (Å²) in [5, 5.41) is 2.12. The molecule has 164 valence electrons. The number of rotatable bonds is 7. The number of nitrogens with zero attached hydrogens (tertiary/aromatic N) is 1. The van der Waals surface area contributed by atoms with E-state index < -0.39 is 29.6 Å². The normalized spacial score (nSPS) is 15.2. The van der Waals surface area contributed by atoms with Crippen LogP contribution < -0.4 is 5.32 Å². The highest BCUT2D eigenvalue weighted by atomic mass is 32.2. The Morgan fingerprint density at radius 3 is 2.41 bits per heavy atom. The predicted molar refractivity (Wildman–Crippen MR) is 124 cm³/mol. The van der Waals surface area contributed by atoms with Gasteiger partial charge in [-0.2, -0.15) is 0 Å². The number of imide groups is 1. The molecule has 0 unspecified atom stereocenters. The van der Waals surface area contributed by atoms with Crippen molar-refractivity contribution >= 4 is 46.5 Å². The van der Waals surface area contributed by atoms with Crippen molar-refractivity contribution < 1.29 is 23.9 Å². The molecule has 3 amide bonds. The number of thioether (sulfide) groups is 1. The van der Waals surface area contributed by atoms with Crippen LogP contribution in [-0.4, -0.2) is 41.1 Å². The van der Waals surface area contributed by atoms with Crippen molar-refractivity contribution in [1.82, 2.24) is 4.90 Å². The number of anilines is 1. The highest BCUT2D eigenvalue weighted by Gasteiger charge is 2.36. The molecular weight excluding hydrogens is 428 g/mol. The van der Waals surface area contributed by atoms with Gasteiger partial charge in [0.2, 0.25) is 5.91 Å². The van der Waals surface area contributed by atoms with Crippen LogP contribution in [0, 0.1) is 0 Å². The van der Waals surface area contributed by atoms with Gasteiger partial charge in [-0.05, 0) is 67.1 Å². The number of esters is 1. The van der Waals surface area contributed by atoms with E-state index in [4.69, 9.17) is 4.74 Å². The van der Waals surface area contributed by atoms with Gasteiger partial charge in [0.1, 0.15) is 6.54 Å². The zero-order chi connectivity index (χ0) is 23.1. The quantitative estimate of drug-likeness (QED) is 0.494. The maximum atomic E-state index is 12.6. The standard InChI is InChI=1S/C24H22N2O5S/c1-3-31-23(29)18-9-11-19(12-10-18)25-21(27)15-26-22(28)20(32-24(26)30)14-16(2)13-17-7-5-4-6-8-17/h4-14H,3,15H2,1-2H3,(H,25,27). The van der Waals surface area contributed by atoms with E-state index in [1.54, 1.807) is 25.1 Å². The van der Waals surface area contributed by atoms with Crippen LogP contribution in [0.1, 0.15) is 29.8 Å². The Balaban J connectivity index is 1.62. The van der Waals surface area contributed by atoms with Gasteiger partial charge < -0.3 is 10.1 Å². The lowest BCUT2D eigenvalue weighted by atomic mass is 10.1. The number of hydrogen-bond donors (Lipinski definition) is 1. The van der Waals surface area contributed by atoms with Gasteiger partial charge in [-0.1, -0.05) is 36.4 Å². The molecule has 1 aliphatic heterocycles. The summed E-state index contributed by atoms with van der Waals surface area (Å²) in [7, 11) is 0. The number of nitrogens with one attached hydrogen (secondary N) is 1. The van der Waals surface area contributed by atoms with Crippen molar-refractivity contribution in [2.45, 2.75) is 13.8 Å². The molecule has 2 aromatic rings. The first-order chi connectivity index (χ1) is 15.4. The Morgan fingerprint density at radius 1 is 1.06 bits per heavy atom. The second-order valence-electron chi connectivity index (χ2n) is 6.91. The van der Waals surface area contributed by atoms with Crippen molar-refractivity contribution in [3.05, 3.63) is 82.3 Å². The molecular formula is C24H22N2O5S. The molecule has 0 aromatic heterocycles. The van der Waals surface area contributed by atoms with Gasteiger partial charge in [0.25, 0.3) is 11.1 Å². The summed E-state index contributed by atoms with van der Waals surface area (Å²) in [4.78, 5) is 50.1. The molecule has 0 aliphatic carbocycles. The Kier molecular flexibility index (Phi) is 7.62. The minimum absolute atomic E-state index is 0.269. The molecule has 1 fully saturated rings. The highest BCUT2D eigenvalue weighted by molar-refractivity contribution is 8.18. The van der Waals surface area contributed by atoms with E-state index in [2.05, 4.69) is 5.32 Å². The number of allylic oxidation sites excluding steroid dienone is 2. The van der Waals surface area contributed by atoms with E-state index in [0.29, 0.717) is 11.3 Å². The molecule has 0 atom stereocenters. The lowest BCUT2D eigenvalue weighted by Crippen LogP contribution is -2.36. The van der Waals surface area contributed by atoms with Crippen LogP contribution in [0.4, 0.5) is 10.5 Å². The Hall–Kier alpha value is -3.65. The average Bonchev–Trinajstić information content (AvgIpc) is 3.02. The molecule has 8 heteroatoms. The first kappa shape index (κ1) is 23.0. The van der Waals surface area contributed by atoms with Crippen molar-refractivity contribution in [1.29, 1.82) is 0 Å². The van der Waals surface area contributed by atoms with Gasteiger partial charge >= 0.3 is 5.97 Å². The van der Waals surface area contributed by atoms with E-state index in [0.717, 1.165) is 27.8 Å². The first-order valence-corrected chi connectivity index (χ1v) is 10.7. The molecule has 0 radical (unpaired) electrons. The van der Waals surface area contributed by atoms with Gasteiger partial charge in [-0.15, -0.1) is 0 Å². The largest absolute Gasteiger partial charge is 0.462 e. The summed E-state index contributed by atoms with van der Waals surface area (Å²) in [6, 6.07) is 15.8. The third-order valence-corrected chi connectivity index (χ3v) is 5.32. The van der Waals surface area contributed by atoms with E-state index in [9.17, 15) is 19.2 Å². The fourth-order valence-electron chi connectivity index (χ4n) is 2.95. The molecule has 1 heterocycles. The smallest absolute Gasteiger partial charge is 0.338 e. The lowest BCUT2D eigenvalue weighted by molar-refractivity contribution is -0.127. The van der Waals surface area contributed by atoms with Crippen LogP contribution in [0.25, 0.3) is 6.08 Å². The lowest BCUT2D eigenvalue weighted by Gasteiger charge is -2.12. The van der Waals surface area contributed by atoms with Gasteiger partial charge in [-0.3, -0.25) is 19.3 Å². The SMILES string of the molecule is CCOC(=O)c1ccc(NC(=O)CN2C(=O)SC(=CC(C)=Cc3ccccc3)C2=O)cc1. The molecule has 1 saturated heterocycles. The zero-order valence-electron chi connectivity index (χ0n) is 17.7. The topological polar surface area (TPSA) is 92.8 Å². The van der Waals surface area contributed by atoms with E-state index >= 15 is 0 Å². The predicted octanol–water partition coefficient (Wildman–Crippen LogP) is 4.48. The molecule has 7 nitrogen and oxygen atoms in total. The number of benzene rings is 2. The number of carbonyl (C=O) groups excluding carboxylic acids is 4. The fourth-order valence-corrected chi connectivity index (χ4v) is 3.83. The van der Waals surface area contributed by atoms with Gasteiger partial charge in [0.15, 0.2) is 0 Å². The molecule has 32 heavy (non-hydrogen) atoms. The summed E-state index contributed by atoms with van der Waals surface area (Å²) >= 11 is 0.805. The van der Waals surface area contributed by atoms with Gasteiger partial charge in [0, 0.05) is 5.69 Å². The first-order valence-electron chi connectivity index (χ1n) is 9.93. The molecule has 0 spiro atoms. The maximum absolute atomic E-state index is 12.6. The zero-order valence-corrected chi connectivity index (χ0v) is 18.5. The average molecular weight is 451 g/mol. The number of ether oxygens (including phenoxy) is 1. The third-order valence-electron chi connectivity index (χ3n) is 4.41. The summed E-state index contributed by atoms with van der Waals surface area (Å²) in [6.45, 7) is 3.43. The van der Waals surface area contributed by atoms with E-state index in [1.165, 1.54) is 12.1 Å². The summed E-state index contributed by atoms with van der Waals surface area (Å²) in [6.07, 6.45) is 3.55.